The van der Waals surface area contributed by atoms with Crippen molar-refractivity contribution in [3.63, 3.8) is 0 Å². The van der Waals surface area contributed by atoms with E-state index in [2.05, 4.69) is 134 Å². The molecule has 0 saturated carbocycles. The lowest BCUT2D eigenvalue weighted by molar-refractivity contribution is -0.643. The highest BCUT2D eigenvalue weighted by Crippen LogP contribution is 2.43. The number of aryl methyl sites for hydroxylation is 3. The van der Waals surface area contributed by atoms with Gasteiger partial charge in [0.05, 0.1) is 27.3 Å². The van der Waals surface area contributed by atoms with Gasteiger partial charge in [-0.2, -0.15) is 0 Å². The molecule has 3 aromatic carbocycles. The Morgan fingerprint density at radius 1 is 0.773 bits per heavy atom. The van der Waals surface area contributed by atoms with Crippen molar-refractivity contribution in [3.05, 3.63) is 77.0 Å². The summed E-state index contributed by atoms with van der Waals surface area (Å²) in [4.78, 5) is 15.2. The molecule has 0 unspecified atom stereocenters. The summed E-state index contributed by atoms with van der Waals surface area (Å²) in [6.45, 7) is 22.2. The van der Waals surface area contributed by atoms with Crippen LogP contribution in [-0.2, 0) is 24.3 Å². The van der Waals surface area contributed by atoms with Gasteiger partial charge in [-0.1, -0.05) is 67.5 Å². The summed E-state index contributed by atoms with van der Waals surface area (Å²) in [7, 11) is 2.18. The van der Waals surface area contributed by atoms with Gasteiger partial charge in [0, 0.05) is 33.2 Å². The highest BCUT2D eigenvalue weighted by molar-refractivity contribution is 6.26. The van der Waals surface area contributed by atoms with Crippen LogP contribution in [0, 0.1) is 19.8 Å². The summed E-state index contributed by atoms with van der Waals surface area (Å²) in [6, 6.07) is 16.3. The zero-order valence-corrected chi connectivity index (χ0v) is 28.1. The second kappa shape index (κ2) is 9.44. The number of aromatic nitrogens is 5. The molecule has 7 aromatic rings. The predicted molar refractivity (Wildman–Crippen MR) is 184 cm³/mol. The average Bonchev–Trinajstić information content (AvgIpc) is 3.25. The van der Waals surface area contributed by atoms with Gasteiger partial charge < -0.3 is 4.40 Å². The summed E-state index contributed by atoms with van der Waals surface area (Å²) < 4.78 is 4.84. The van der Waals surface area contributed by atoms with Crippen LogP contribution in [0.15, 0.2) is 48.7 Å². The molecule has 0 aliphatic carbocycles. The van der Waals surface area contributed by atoms with Crippen molar-refractivity contribution in [3.8, 4) is 11.4 Å². The van der Waals surface area contributed by atoms with Crippen molar-refractivity contribution in [2.24, 2.45) is 13.0 Å². The largest absolute Gasteiger partial charge is 0.307 e. The lowest BCUT2D eigenvalue weighted by Crippen LogP contribution is -2.29. The normalized spacial score (nSPS) is 13.2. The first-order chi connectivity index (χ1) is 20.6. The Bertz CT molecular complexity index is 2240. The van der Waals surface area contributed by atoms with E-state index in [1.807, 2.05) is 0 Å². The second-order valence-corrected chi connectivity index (χ2v) is 15.4. The van der Waals surface area contributed by atoms with Gasteiger partial charge in [0.15, 0.2) is 12.0 Å². The summed E-state index contributed by atoms with van der Waals surface area (Å²) in [5.74, 6) is 2.97. The van der Waals surface area contributed by atoms with E-state index in [1.165, 1.54) is 65.7 Å². The second-order valence-electron chi connectivity index (χ2n) is 15.4. The van der Waals surface area contributed by atoms with E-state index in [4.69, 9.17) is 15.0 Å². The first-order valence-corrected chi connectivity index (χ1v) is 16.0. The van der Waals surface area contributed by atoms with E-state index in [9.17, 15) is 0 Å². The smallest absolute Gasteiger partial charge is 0.224 e. The SMILES string of the molecule is Cc1cc2c3ccc(CC(C)C)cc3n3c4cc(-c5nc(C(C)(C)C)nc(C(C)(C)C)n5)cc5cc[n+](C)c(c(c1C)c23)c54. The molecular weight excluding hydrogens is 538 g/mol. The Kier molecular flexibility index (Phi) is 6.14. The molecule has 0 atom stereocenters. The van der Waals surface area contributed by atoms with Gasteiger partial charge in [-0.3, -0.25) is 0 Å². The molecule has 4 heterocycles. The zero-order valence-electron chi connectivity index (χ0n) is 28.1. The first-order valence-electron chi connectivity index (χ1n) is 16.0. The van der Waals surface area contributed by atoms with E-state index < -0.39 is 0 Å². The fourth-order valence-electron chi connectivity index (χ4n) is 6.85. The fourth-order valence-corrected chi connectivity index (χ4v) is 6.85. The van der Waals surface area contributed by atoms with E-state index in [1.54, 1.807) is 0 Å². The molecule has 224 valence electrons. The van der Waals surface area contributed by atoms with Crippen LogP contribution in [0.5, 0.6) is 0 Å². The Balaban J connectivity index is 1.70. The minimum absolute atomic E-state index is 0.201. The van der Waals surface area contributed by atoms with Crippen LogP contribution in [0.25, 0.3) is 60.4 Å². The first kappa shape index (κ1) is 28.6. The molecule has 0 amide bonds. The van der Waals surface area contributed by atoms with Crippen LogP contribution in [0.4, 0.5) is 0 Å². The number of benzene rings is 3. The van der Waals surface area contributed by atoms with Crippen molar-refractivity contribution < 1.29 is 4.57 Å². The van der Waals surface area contributed by atoms with Crippen molar-refractivity contribution in [2.75, 3.05) is 0 Å². The van der Waals surface area contributed by atoms with Crippen molar-refractivity contribution in [1.29, 1.82) is 0 Å². The topological polar surface area (TPSA) is 47.0 Å². The molecule has 0 bridgehead atoms. The lowest BCUT2D eigenvalue weighted by atomic mass is 9.92. The highest BCUT2D eigenvalue weighted by atomic mass is 15.1. The average molecular weight is 583 g/mol. The van der Waals surface area contributed by atoms with Crippen LogP contribution < -0.4 is 4.57 Å². The molecule has 0 aliphatic heterocycles. The third-order valence-electron chi connectivity index (χ3n) is 9.21. The van der Waals surface area contributed by atoms with Gasteiger partial charge in [-0.25, -0.2) is 19.5 Å². The molecule has 44 heavy (non-hydrogen) atoms. The maximum Gasteiger partial charge on any atom is 0.224 e. The molecule has 0 aliphatic rings. The van der Waals surface area contributed by atoms with Crippen LogP contribution in [-0.4, -0.2) is 19.4 Å². The minimum Gasteiger partial charge on any atom is -0.307 e. The molecule has 0 fully saturated rings. The number of rotatable bonds is 3. The maximum absolute atomic E-state index is 5.11. The van der Waals surface area contributed by atoms with Crippen LogP contribution in [0.1, 0.15) is 83.7 Å². The van der Waals surface area contributed by atoms with E-state index in [0.29, 0.717) is 5.92 Å². The van der Waals surface area contributed by atoms with Crippen molar-refractivity contribution in [2.45, 2.75) is 86.5 Å². The van der Waals surface area contributed by atoms with Gasteiger partial charge in [-0.05, 0) is 72.5 Å². The number of hydrogen-bond donors (Lipinski definition) is 0. The quantitative estimate of drug-likeness (QED) is 0.119. The van der Waals surface area contributed by atoms with Crippen molar-refractivity contribution in [1.82, 2.24) is 19.4 Å². The summed E-state index contributed by atoms with van der Waals surface area (Å²) >= 11 is 0. The van der Waals surface area contributed by atoms with E-state index in [-0.39, 0.29) is 10.8 Å². The number of fused-ring (bicyclic) bond motifs is 5. The minimum atomic E-state index is -0.201. The van der Waals surface area contributed by atoms with E-state index in [0.717, 1.165) is 29.5 Å². The Hall–Kier alpha value is -4.12. The summed E-state index contributed by atoms with van der Waals surface area (Å²) in [5, 5.41) is 6.42. The predicted octanol–water partition coefficient (Wildman–Crippen LogP) is 9.08. The fraction of sp³-hybridized carbons (Fsp3) is 0.385. The van der Waals surface area contributed by atoms with E-state index >= 15 is 0 Å². The summed E-state index contributed by atoms with van der Waals surface area (Å²) in [6.07, 6.45) is 3.26. The van der Waals surface area contributed by atoms with Crippen LogP contribution in [0.2, 0.25) is 0 Å². The van der Waals surface area contributed by atoms with Gasteiger partial charge >= 0.3 is 0 Å². The Labute approximate surface area is 260 Å². The molecule has 0 N–H and O–H groups in total. The summed E-state index contributed by atoms with van der Waals surface area (Å²) in [5.41, 5.74) is 9.67. The molecule has 5 nitrogen and oxygen atoms in total. The Morgan fingerprint density at radius 2 is 1.45 bits per heavy atom. The molecule has 0 radical (unpaired) electrons. The monoisotopic (exact) mass is 582 g/mol. The number of pyridine rings is 2. The third-order valence-corrected chi connectivity index (χ3v) is 9.21. The number of hydrogen-bond acceptors (Lipinski definition) is 3. The number of nitrogens with zero attached hydrogens (tertiary/aromatic N) is 5. The zero-order chi connectivity index (χ0) is 31.5. The molecule has 4 aromatic heterocycles. The van der Waals surface area contributed by atoms with Crippen molar-refractivity contribution >= 4 is 49.0 Å². The lowest BCUT2D eigenvalue weighted by Gasteiger charge is -2.23. The van der Waals surface area contributed by atoms with Gasteiger partial charge in [-0.15, -0.1) is 0 Å². The van der Waals surface area contributed by atoms with Gasteiger partial charge in [0.2, 0.25) is 5.52 Å². The molecule has 5 heteroatoms. The van der Waals surface area contributed by atoms with Gasteiger partial charge in [0.1, 0.15) is 18.7 Å². The Morgan fingerprint density at radius 3 is 2.09 bits per heavy atom. The van der Waals surface area contributed by atoms with Crippen LogP contribution in [0.3, 0.4) is 0 Å². The molecule has 7 rings (SSSR count). The molecular formula is C39H44N5+. The van der Waals surface area contributed by atoms with Gasteiger partial charge in [0.25, 0.3) is 0 Å². The molecule has 0 spiro atoms. The molecule has 0 saturated heterocycles. The standard InChI is InChI=1S/C39H44N5/c1-21(2)16-24-12-13-27-28-17-22(3)23(4)31-33(28)44(29(27)18-24)30-20-26(19-25-14-15-43(11)34(31)32(25)30)35-40-36(38(5,6)7)42-37(41-35)39(8,9)10/h12-15,17-21H,16H2,1-11H3/q+1. The third kappa shape index (κ3) is 4.27. The van der Waals surface area contributed by atoms with Crippen LogP contribution >= 0.6 is 0 Å². The highest BCUT2D eigenvalue weighted by Gasteiger charge is 2.28. The maximum atomic E-state index is 5.11.